The van der Waals surface area contributed by atoms with Crippen LogP contribution in [0, 0.1) is 5.82 Å². The Bertz CT molecular complexity index is 1490. The lowest BCUT2D eigenvalue weighted by atomic mass is 10.0. The molecule has 0 radical (unpaired) electrons. The first-order valence-electron chi connectivity index (χ1n) is 12.1. The summed E-state index contributed by atoms with van der Waals surface area (Å²) in [7, 11) is -1.25. The van der Waals surface area contributed by atoms with Crippen molar-refractivity contribution in [3.63, 3.8) is 0 Å². The zero-order valence-electron chi connectivity index (χ0n) is 22.0. The van der Waals surface area contributed by atoms with E-state index >= 15 is 4.39 Å². The largest absolute Gasteiger partial charge is 0.403 e. The van der Waals surface area contributed by atoms with Crippen LogP contribution >= 0.6 is 40.0 Å². The molecule has 15 heteroatoms. The molecule has 3 aromatic rings. The maximum atomic E-state index is 15.4. The minimum absolute atomic E-state index is 0.0892. The first-order chi connectivity index (χ1) is 18.4. The number of hydrogen-bond donors (Lipinski definition) is 3. The van der Waals surface area contributed by atoms with Crippen molar-refractivity contribution >= 4 is 73.7 Å². The number of halogens is 3. The van der Waals surface area contributed by atoms with E-state index in [1.165, 1.54) is 18.5 Å². The number of hydrogen-bond acceptors (Lipinski definition) is 8. The van der Waals surface area contributed by atoms with Gasteiger partial charge in [0.05, 0.1) is 46.3 Å². The zero-order chi connectivity index (χ0) is 28.6. The van der Waals surface area contributed by atoms with Crippen LogP contribution < -0.4 is 11.1 Å². The molecule has 1 aliphatic rings. The molecule has 0 spiro atoms. The van der Waals surface area contributed by atoms with Gasteiger partial charge in [-0.25, -0.2) is 23.6 Å². The normalized spacial score (nSPS) is 19.7. The average molecular weight is 707 g/mol. The number of aromatic nitrogens is 4. The number of nitrogens with two attached hydrogens (primary N) is 1. The number of rotatable bonds is 7. The molecule has 3 heterocycles. The van der Waals surface area contributed by atoms with E-state index in [-0.39, 0.29) is 34.9 Å². The second-order valence-corrected chi connectivity index (χ2v) is 13.4. The molecule has 4 N–H and O–H groups in total. The number of anilines is 1. The van der Waals surface area contributed by atoms with E-state index in [0.717, 1.165) is 0 Å². The van der Waals surface area contributed by atoms with Gasteiger partial charge in [0.1, 0.15) is 27.9 Å². The van der Waals surface area contributed by atoms with Crippen LogP contribution in [0.5, 0.6) is 0 Å². The summed E-state index contributed by atoms with van der Waals surface area (Å²) >= 11 is 8.67. The van der Waals surface area contributed by atoms with Crippen molar-refractivity contribution in [2.75, 3.05) is 18.1 Å². The van der Waals surface area contributed by atoms with Crippen molar-refractivity contribution in [2.45, 2.75) is 51.8 Å². The van der Waals surface area contributed by atoms with Gasteiger partial charge in [0.2, 0.25) is 5.95 Å². The molecular weight excluding hydrogens is 677 g/mol. The maximum Gasteiger partial charge on any atom is 0.223 e. The number of piperidine rings is 1. The van der Waals surface area contributed by atoms with E-state index in [1.54, 1.807) is 30.5 Å². The second kappa shape index (κ2) is 11.9. The van der Waals surface area contributed by atoms with Gasteiger partial charge >= 0.3 is 0 Å². The highest BCUT2D eigenvalue weighted by Crippen LogP contribution is 2.35. The summed E-state index contributed by atoms with van der Waals surface area (Å²) in [5, 5.41) is 14.2. The van der Waals surface area contributed by atoms with Crippen molar-refractivity contribution in [1.82, 2.24) is 23.8 Å². The molecule has 0 saturated carbocycles. The molecule has 3 atom stereocenters. The molecule has 210 valence electrons. The van der Waals surface area contributed by atoms with Gasteiger partial charge in [-0.15, -0.1) is 0 Å². The molecule has 0 aliphatic carbocycles. The molecule has 1 saturated heterocycles. The second-order valence-electron chi connectivity index (χ2n) is 9.82. The Labute approximate surface area is 248 Å². The van der Waals surface area contributed by atoms with E-state index in [4.69, 9.17) is 17.3 Å². The summed E-state index contributed by atoms with van der Waals surface area (Å²) in [6.07, 6.45) is 5.29. The monoisotopic (exact) mass is 706 g/mol. The van der Waals surface area contributed by atoms with Gasteiger partial charge in [-0.2, -0.15) is 0 Å². The van der Waals surface area contributed by atoms with E-state index in [1.807, 2.05) is 18.4 Å². The molecule has 1 fully saturated rings. The fourth-order valence-electron chi connectivity index (χ4n) is 4.61. The third kappa shape index (κ3) is 6.07. The Hall–Kier alpha value is -1.93. The van der Waals surface area contributed by atoms with E-state index in [2.05, 4.69) is 47.1 Å². The SMILES string of the molecule is CC(C)n1c(C(C)(C)O)nc2c(F)cc(-c3nc(NC4CCN(S(C)=O)C(=C/N)/C4=N/PI)ncc3Cl)cc21. The summed E-state index contributed by atoms with van der Waals surface area (Å²) in [6, 6.07) is 2.73. The van der Waals surface area contributed by atoms with Crippen LogP contribution in [0.3, 0.4) is 0 Å². The van der Waals surface area contributed by atoms with Crippen LogP contribution in [0.2, 0.25) is 5.02 Å². The molecule has 39 heavy (non-hydrogen) atoms. The van der Waals surface area contributed by atoms with Crippen LogP contribution in [0.25, 0.3) is 22.3 Å². The van der Waals surface area contributed by atoms with Gasteiger partial charge in [-0.05, 0) is 68.3 Å². The number of benzene rings is 1. The van der Waals surface area contributed by atoms with Gasteiger partial charge < -0.3 is 20.7 Å². The highest BCUT2D eigenvalue weighted by molar-refractivity contribution is 14.2. The van der Waals surface area contributed by atoms with Crippen LogP contribution in [-0.2, 0) is 16.6 Å². The molecule has 1 aromatic carbocycles. The number of nitrogens with zero attached hydrogens (tertiary/aromatic N) is 6. The van der Waals surface area contributed by atoms with Crippen molar-refractivity contribution in [3.8, 4) is 11.3 Å². The van der Waals surface area contributed by atoms with Gasteiger partial charge in [-0.3, -0.25) is 9.07 Å². The average Bonchev–Trinajstić information content (AvgIpc) is 3.27. The lowest BCUT2D eigenvalue weighted by molar-refractivity contribution is 0.0641. The standard InChI is InChI=1S/C24H30ClFIN8O2PS/c1-12(2)35-17-9-13(8-15(26)20(17)31-22(35)24(3,4)36)19-14(25)11-29-23(32-19)30-16-6-7-34(39(5)37)18(10-28)21(16)33-38-27/h8-12,16,36,38H,6-7,28H2,1-5H3,(H,29,30,32)/b18-10+,33-21+. The van der Waals surface area contributed by atoms with Crippen molar-refractivity contribution in [1.29, 1.82) is 0 Å². The Morgan fingerprint density at radius 3 is 2.72 bits per heavy atom. The quantitative estimate of drug-likeness (QED) is 0.231. The van der Waals surface area contributed by atoms with Crippen molar-refractivity contribution < 1.29 is 13.7 Å². The summed E-state index contributed by atoms with van der Waals surface area (Å²) in [4.78, 5) is 13.4. The molecule has 0 bridgehead atoms. The van der Waals surface area contributed by atoms with Gasteiger partial charge in [0, 0.05) is 30.6 Å². The molecule has 0 amide bonds. The number of nitrogens with one attached hydrogen (secondary N) is 1. The van der Waals surface area contributed by atoms with E-state index in [0.29, 0.717) is 47.0 Å². The lowest BCUT2D eigenvalue weighted by Crippen LogP contribution is -2.46. The molecule has 4 rings (SSSR count). The van der Waals surface area contributed by atoms with Crippen molar-refractivity contribution in [2.24, 2.45) is 10.5 Å². The molecular formula is C24H30ClFIN8O2PS. The van der Waals surface area contributed by atoms with Gasteiger partial charge in [0.15, 0.2) is 5.82 Å². The lowest BCUT2D eigenvalue weighted by Gasteiger charge is -2.35. The Balaban J connectivity index is 1.77. The zero-order valence-corrected chi connectivity index (χ0v) is 26.8. The predicted molar refractivity (Wildman–Crippen MR) is 166 cm³/mol. The minimum Gasteiger partial charge on any atom is -0.403 e. The number of fused-ring (bicyclic) bond motifs is 1. The summed E-state index contributed by atoms with van der Waals surface area (Å²) in [6.45, 7) is 7.63. The third-order valence-corrected chi connectivity index (χ3v) is 8.57. The number of imidazole rings is 1. The van der Waals surface area contributed by atoms with Gasteiger partial charge in [0.25, 0.3) is 0 Å². The summed E-state index contributed by atoms with van der Waals surface area (Å²) in [5.74, 6) is 0.0960. The molecule has 1 aliphatic heterocycles. The van der Waals surface area contributed by atoms with Gasteiger partial charge in [-0.1, -0.05) is 11.6 Å². The molecule has 10 nitrogen and oxygen atoms in total. The fourth-order valence-corrected chi connectivity index (χ4v) is 6.74. The molecule has 3 unspecified atom stereocenters. The van der Waals surface area contributed by atoms with Crippen LogP contribution in [0.1, 0.15) is 46.0 Å². The summed E-state index contributed by atoms with van der Waals surface area (Å²) < 4.78 is 35.8. The Morgan fingerprint density at radius 2 is 2.13 bits per heavy atom. The minimum atomic E-state index is -1.27. The van der Waals surface area contributed by atoms with Crippen LogP contribution in [0.15, 0.2) is 35.0 Å². The summed E-state index contributed by atoms with van der Waals surface area (Å²) in [5.41, 5.74) is 7.36. The highest BCUT2D eigenvalue weighted by Gasteiger charge is 2.32. The van der Waals surface area contributed by atoms with Crippen LogP contribution in [-0.4, -0.2) is 57.7 Å². The van der Waals surface area contributed by atoms with Crippen LogP contribution in [0.4, 0.5) is 10.3 Å². The smallest absolute Gasteiger partial charge is 0.223 e. The van der Waals surface area contributed by atoms with E-state index in [9.17, 15) is 9.32 Å². The predicted octanol–water partition coefficient (Wildman–Crippen LogP) is 5.06. The Morgan fingerprint density at radius 1 is 1.41 bits per heavy atom. The first-order valence-corrected chi connectivity index (χ1v) is 18.0. The number of aliphatic hydroxyl groups is 1. The Kier molecular flexibility index (Phi) is 9.16. The third-order valence-electron chi connectivity index (χ3n) is 6.25. The maximum absolute atomic E-state index is 15.4. The topological polar surface area (TPSA) is 135 Å². The molecule has 2 aromatic heterocycles. The van der Waals surface area contributed by atoms with Crippen molar-refractivity contribution in [3.05, 3.63) is 46.9 Å². The van der Waals surface area contributed by atoms with E-state index < -0.39 is 22.4 Å². The highest BCUT2D eigenvalue weighted by atomic mass is 127. The first kappa shape index (κ1) is 30.0. The fraction of sp³-hybridized carbons (Fsp3) is 0.417.